The van der Waals surface area contributed by atoms with Gasteiger partial charge in [0.2, 0.25) is 5.91 Å². The molecule has 10 heteroatoms. The van der Waals surface area contributed by atoms with Crippen LogP contribution in [0.1, 0.15) is 18.4 Å². The minimum Gasteiger partial charge on any atom is -0.484 e. The molecule has 1 amide bonds. The second-order valence-corrected chi connectivity index (χ2v) is 7.38. The van der Waals surface area contributed by atoms with Crippen molar-refractivity contribution in [2.45, 2.75) is 30.9 Å². The first-order chi connectivity index (χ1) is 13.9. The Morgan fingerprint density at radius 1 is 1.28 bits per heavy atom. The number of amides is 1. The third-order valence-electron chi connectivity index (χ3n) is 3.81. The summed E-state index contributed by atoms with van der Waals surface area (Å²) in [5, 5.41) is 21.0. The van der Waals surface area contributed by atoms with E-state index < -0.39 is 16.1 Å². The van der Waals surface area contributed by atoms with Gasteiger partial charge in [0.25, 0.3) is 16.8 Å². The fourth-order valence-electron chi connectivity index (χ4n) is 2.37. The van der Waals surface area contributed by atoms with Gasteiger partial charge in [-0.2, -0.15) is 0 Å². The molecule has 1 atom stereocenters. The molecule has 0 unspecified atom stereocenters. The second-order valence-electron chi connectivity index (χ2n) is 6.09. The summed E-state index contributed by atoms with van der Waals surface area (Å²) in [5.41, 5.74) is 1.03. The first kappa shape index (κ1) is 20.3. The molecular weight excluding hydrogens is 396 g/mol. The summed E-state index contributed by atoms with van der Waals surface area (Å²) in [5.74, 6) is 0.551. The SMILES string of the molecule is Cc1cccc(OCc2nnc(S[C@H](C)C(=O)Nc3ccccc3[N+](=O)[O-])o2)c1. The normalized spacial score (nSPS) is 11.7. The Balaban J connectivity index is 1.56. The number of carbonyl (C=O) groups excluding carboxylic acids is 1. The van der Waals surface area contributed by atoms with Crippen LogP contribution in [0, 0.1) is 17.0 Å². The van der Waals surface area contributed by atoms with E-state index in [1.54, 1.807) is 13.0 Å². The van der Waals surface area contributed by atoms with E-state index in [4.69, 9.17) is 9.15 Å². The van der Waals surface area contributed by atoms with E-state index in [2.05, 4.69) is 15.5 Å². The van der Waals surface area contributed by atoms with E-state index in [0.717, 1.165) is 17.3 Å². The van der Waals surface area contributed by atoms with Crippen LogP contribution in [0.3, 0.4) is 0 Å². The van der Waals surface area contributed by atoms with Gasteiger partial charge in [-0.25, -0.2) is 0 Å². The van der Waals surface area contributed by atoms with Crippen LogP contribution >= 0.6 is 11.8 Å². The van der Waals surface area contributed by atoms with Crippen molar-refractivity contribution in [1.82, 2.24) is 10.2 Å². The van der Waals surface area contributed by atoms with Gasteiger partial charge in [0, 0.05) is 6.07 Å². The summed E-state index contributed by atoms with van der Waals surface area (Å²) in [7, 11) is 0. The Kier molecular flexibility index (Phi) is 6.45. The number of nitro benzene ring substituents is 1. The van der Waals surface area contributed by atoms with Crippen molar-refractivity contribution < 1.29 is 18.9 Å². The van der Waals surface area contributed by atoms with Crippen LogP contribution in [-0.2, 0) is 11.4 Å². The van der Waals surface area contributed by atoms with Crippen molar-refractivity contribution in [2.75, 3.05) is 5.32 Å². The number of anilines is 1. The number of nitrogens with zero attached hydrogens (tertiary/aromatic N) is 3. The number of nitro groups is 1. The zero-order chi connectivity index (χ0) is 20.8. The maximum atomic E-state index is 12.4. The van der Waals surface area contributed by atoms with Crippen LogP contribution in [0.4, 0.5) is 11.4 Å². The molecule has 1 aromatic heterocycles. The molecule has 0 fully saturated rings. The summed E-state index contributed by atoms with van der Waals surface area (Å²) < 4.78 is 11.1. The van der Waals surface area contributed by atoms with E-state index in [-0.39, 0.29) is 29.1 Å². The molecule has 2 aromatic carbocycles. The highest BCUT2D eigenvalue weighted by Crippen LogP contribution is 2.27. The number of aromatic nitrogens is 2. The van der Waals surface area contributed by atoms with Crippen LogP contribution in [0.5, 0.6) is 5.75 Å². The third-order valence-corrected chi connectivity index (χ3v) is 4.74. The Bertz CT molecular complexity index is 1020. The van der Waals surface area contributed by atoms with Gasteiger partial charge in [-0.1, -0.05) is 36.0 Å². The van der Waals surface area contributed by atoms with Gasteiger partial charge in [0.15, 0.2) is 6.61 Å². The van der Waals surface area contributed by atoms with E-state index in [9.17, 15) is 14.9 Å². The molecule has 0 aliphatic rings. The van der Waals surface area contributed by atoms with E-state index >= 15 is 0 Å². The number of benzene rings is 2. The van der Waals surface area contributed by atoms with Crippen LogP contribution in [0.25, 0.3) is 0 Å². The molecule has 0 bridgehead atoms. The maximum absolute atomic E-state index is 12.4. The lowest BCUT2D eigenvalue weighted by Crippen LogP contribution is -2.22. The molecular formula is C19H18N4O5S. The largest absolute Gasteiger partial charge is 0.484 e. The molecule has 1 N–H and O–H groups in total. The van der Waals surface area contributed by atoms with Gasteiger partial charge in [-0.05, 0) is 37.6 Å². The number of ether oxygens (including phenoxy) is 1. The molecule has 0 aliphatic heterocycles. The van der Waals surface area contributed by atoms with Crippen molar-refractivity contribution >= 4 is 29.0 Å². The highest BCUT2D eigenvalue weighted by atomic mass is 32.2. The Morgan fingerprint density at radius 2 is 2.07 bits per heavy atom. The predicted octanol–water partition coefficient (Wildman–Crippen LogP) is 3.98. The van der Waals surface area contributed by atoms with Crippen molar-refractivity contribution in [2.24, 2.45) is 0 Å². The van der Waals surface area contributed by atoms with E-state index in [1.807, 2.05) is 31.2 Å². The first-order valence-corrected chi connectivity index (χ1v) is 9.53. The number of hydrogen-bond acceptors (Lipinski definition) is 8. The topological polar surface area (TPSA) is 120 Å². The fraction of sp³-hybridized carbons (Fsp3) is 0.211. The molecule has 0 saturated carbocycles. The van der Waals surface area contributed by atoms with Crippen LogP contribution < -0.4 is 10.1 Å². The maximum Gasteiger partial charge on any atom is 0.292 e. The number of carbonyl (C=O) groups is 1. The highest BCUT2D eigenvalue weighted by molar-refractivity contribution is 8.00. The average Bonchev–Trinajstić information content (AvgIpc) is 3.14. The van der Waals surface area contributed by atoms with Crippen molar-refractivity contribution in [1.29, 1.82) is 0 Å². The van der Waals surface area contributed by atoms with Gasteiger partial charge in [0.05, 0.1) is 10.2 Å². The lowest BCUT2D eigenvalue weighted by atomic mass is 10.2. The van der Waals surface area contributed by atoms with Crippen molar-refractivity contribution in [3.8, 4) is 5.75 Å². The smallest absolute Gasteiger partial charge is 0.292 e. The Morgan fingerprint density at radius 3 is 2.83 bits per heavy atom. The Labute approximate surface area is 170 Å². The van der Waals surface area contributed by atoms with Crippen LogP contribution in [0.2, 0.25) is 0 Å². The number of thioether (sulfide) groups is 1. The minimum atomic E-state index is -0.610. The van der Waals surface area contributed by atoms with Crippen molar-refractivity contribution in [3.63, 3.8) is 0 Å². The number of nitrogens with one attached hydrogen (secondary N) is 1. The number of rotatable bonds is 8. The van der Waals surface area contributed by atoms with E-state index in [1.165, 1.54) is 18.2 Å². The second kappa shape index (κ2) is 9.20. The molecule has 150 valence electrons. The predicted molar refractivity (Wildman–Crippen MR) is 107 cm³/mol. The zero-order valence-corrected chi connectivity index (χ0v) is 16.5. The summed E-state index contributed by atoms with van der Waals surface area (Å²) in [4.78, 5) is 22.9. The average molecular weight is 414 g/mol. The molecule has 9 nitrogen and oxygen atoms in total. The summed E-state index contributed by atoms with van der Waals surface area (Å²) in [6, 6.07) is 13.5. The quantitative estimate of drug-likeness (QED) is 0.334. The van der Waals surface area contributed by atoms with Gasteiger partial charge < -0.3 is 14.5 Å². The molecule has 3 aromatic rings. The third kappa shape index (κ3) is 5.55. The lowest BCUT2D eigenvalue weighted by molar-refractivity contribution is -0.383. The molecule has 0 radical (unpaired) electrons. The van der Waals surface area contributed by atoms with Crippen LogP contribution in [-0.4, -0.2) is 26.3 Å². The number of hydrogen-bond donors (Lipinski definition) is 1. The van der Waals surface area contributed by atoms with Gasteiger partial charge in [0.1, 0.15) is 11.4 Å². The number of para-hydroxylation sites is 2. The van der Waals surface area contributed by atoms with E-state index in [0.29, 0.717) is 5.75 Å². The molecule has 29 heavy (non-hydrogen) atoms. The highest BCUT2D eigenvalue weighted by Gasteiger charge is 2.21. The first-order valence-electron chi connectivity index (χ1n) is 8.65. The fourth-order valence-corrected chi connectivity index (χ4v) is 3.07. The minimum absolute atomic E-state index is 0.105. The van der Waals surface area contributed by atoms with Gasteiger partial charge in [-0.3, -0.25) is 14.9 Å². The molecule has 0 spiro atoms. The van der Waals surface area contributed by atoms with Gasteiger partial charge in [-0.15, -0.1) is 10.2 Å². The molecule has 0 aliphatic carbocycles. The lowest BCUT2D eigenvalue weighted by Gasteiger charge is -2.10. The molecule has 3 rings (SSSR count). The molecule has 1 heterocycles. The zero-order valence-electron chi connectivity index (χ0n) is 15.7. The Hall–Kier alpha value is -3.40. The van der Waals surface area contributed by atoms with Crippen molar-refractivity contribution in [3.05, 3.63) is 70.1 Å². The number of aryl methyl sites for hydroxylation is 1. The summed E-state index contributed by atoms with van der Waals surface area (Å²) >= 11 is 1.05. The standard InChI is InChI=1S/C19H18N4O5S/c1-12-6-5-7-14(10-12)27-11-17-21-22-19(28-17)29-13(2)18(24)20-15-8-3-4-9-16(15)23(25)26/h3-10,13H,11H2,1-2H3,(H,20,24)/t13-/m1/s1. The van der Waals surface area contributed by atoms with Crippen LogP contribution in [0.15, 0.2) is 58.2 Å². The molecule has 0 saturated heterocycles. The monoisotopic (exact) mass is 414 g/mol. The van der Waals surface area contributed by atoms with Gasteiger partial charge >= 0.3 is 0 Å². The summed E-state index contributed by atoms with van der Waals surface area (Å²) in [6.07, 6.45) is 0. The summed E-state index contributed by atoms with van der Waals surface area (Å²) in [6.45, 7) is 3.71.